The number of nitrogens with two attached hydrogens (primary N) is 1. The first kappa shape index (κ1) is 15.7. The van der Waals surface area contributed by atoms with Gasteiger partial charge in [0, 0.05) is 11.6 Å². The highest BCUT2D eigenvalue weighted by atomic mass is 16.1. The van der Waals surface area contributed by atoms with E-state index in [2.05, 4.69) is 0 Å². The van der Waals surface area contributed by atoms with Crippen LogP contribution in [0, 0.1) is 13.8 Å². The molecule has 0 radical (unpaired) electrons. The van der Waals surface area contributed by atoms with Gasteiger partial charge in [0.05, 0.1) is 13.1 Å². The molecular formula is C17H24N2O2. The minimum atomic E-state index is -0.366. The number of aryl methyl sites for hydroxylation is 2. The Labute approximate surface area is 126 Å². The molecule has 0 unspecified atom stereocenters. The Morgan fingerprint density at radius 1 is 1.14 bits per heavy atom. The van der Waals surface area contributed by atoms with E-state index in [0.717, 1.165) is 31.2 Å². The predicted molar refractivity (Wildman–Crippen MR) is 83.3 cm³/mol. The molecule has 0 aromatic heterocycles. The van der Waals surface area contributed by atoms with Crippen LogP contribution in [-0.4, -0.2) is 35.7 Å². The largest absolute Gasteiger partial charge is 0.369 e. The molecule has 114 valence electrons. The molecule has 1 aromatic carbocycles. The zero-order chi connectivity index (χ0) is 15.4. The summed E-state index contributed by atoms with van der Waals surface area (Å²) in [6, 6.07) is 6.07. The molecule has 0 spiro atoms. The van der Waals surface area contributed by atoms with Crippen LogP contribution in [0.15, 0.2) is 18.2 Å². The fourth-order valence-corrected chi connectivity index (χ4v) is 2.97. The molecule has 1 aliphatic rings. The summed E-state index contributed by atoms with van der Waals surface area (Å²) >= 11 is 0. The van der Waals surface area contributed by atoms with E-state index in [1.165, 1.54) is 5.56 Å². The highest BCUT2D eigenvalue weighted by Gasteiger charge is 2.25. The zero-order valence-corrected chi connectivity index (χ0v) is 12.9. The Morgan fingerprint density at radius 3 is 2.38 bits per heavy atom. The van der Waals surface area contributed by atoms with E-state index in [0.29, 0.717) is 11.6 Å². The monoisotopic (exact) mass is 288 g/mol. The standard InChI is InChI=1S/C17H24N2O2/c1-12-7-8-14(9-13(12)2)16(20)10-19(11-17(18)21)15-5-3-4-6-15/h7-9,15H,3-6,10-11H2,1-2H3,(H2,18,21). The van der Waals surface area contributed by atoms with Crippen molar-refractivity contribution in [3.8, 4) is 0 Å². The first-order chi connectivity index (χ1) is 9.97. The Morgan fingerprint density at radius 2 is 1.81 bits per heavy atom. The summed E-state index contributed by atoms with van der Waals surface area (Å²) in [5.74, 6) is -0.305. The fraction of sp³-hybridized carbons (Fsp3) is 0.529. The van der Waals surface area contributed by atoms with E-state index < -0.39 is 0 Å². The van der Waals surface area contributed by atoms with Crippen LogP contribution in [0.4, 0.5) is 0 Å². The molecule has 1 aliphatic carbocycles. The van der Waals surface area contributed by atoms with Gasteiger partial charge in [-0.05, 0) is 43.9 Å². The quantitative estimate of drug-likeness (QED) is 0.816. The van der Waals surface area contributed by atoms with Crippen LogP contribution in [-0.2, 0) is 4.79 Å². The second-order valence-electron chi connectivity index (χ2n) is 6.03. The molecule has 1 aromatic rings. The molecule has 2 N–H and O–H groups in total. The third kappa shape index (κ3) is 4.14. The summed E-state index contributed by atoms with van der Waals surface area (Å²) < 4.78 is 0. The lowest BCUT2D eigenvalue weighted by atomic mass is 10.0. The van der Waals surface area contributed by atoms with Crippen molar-refractivity contribution in [3.63, 3.8) is 0 Å². The van der Waals surface area contributed by atoms with Crippen molar-refractivity contribution in [1.29, 1.82) is 0 Å². The predicted octanol–water partition coefficient (Wildman–Crippen LogP) is 2.22. The fourth-order valence-electron chi connectivity index (χ4n) is 2.97. The van der Waals surface area contributed by atoms with E-state index in [4.69, 9.17) is 5.73 Å². The number of carbonyl (C=O) groups is 2. The molecule has 0 aliphatic heterocycles. The first-order valence-electron chi connectivity index (χ1n) is 7.60. The van der Waals surface area contributed by atoms with Gasteiger partial charge in [-0.1, -0.05) is 25.0 Å². The third-order valence-electron chi connectivity index (χ3n) is 4.38. The minimum absolute atomic E-state index is 0.0613. The third-order valence-corrected chi connectivity index (χ3v) is 4.38. The lowest BCUT2D eigenvalue weighted by Gasteiger charge is -2.26. The zero-order valence-electron chi connectivity index (χ0n) is 12.9. The Kier molecular flexibility index (Phi) is 5.12. The van der Waals surface area contributed by atoms with Crippen molar-refractivity contribution in [2.45, 2.75) is 45.6 Å². The topological polar surface area (TPSA) is 63.4 Å². The molecule has 0 heterocycles. The number of nitrogens with zero attached hydrogens (tertiary/aromatic N) is 1. The van der Waals surface area contributed by atoms with Gasteiger partial charge in [0.1, 0.15) is 0 Å². The van der Waals surface area contributed by atoms with Gasteiger partial charge in [-0.25, -0.2) is 0 Å². The average molecular weight is 288 g/mol. The molecule has 2 rings (SSSR count). The van der Waals surface area contributed by atoms with Crippen LogP contribution in [0.5, 0.6) is 0 Å². The van der Waals surface area contributed by atoms with Gasteiger partial charge in [0.2, 0.25) is 5.91 Å². The van der Waals surface area contributed by atoms with Crippen LogP contribution in [0.25, 0.3) is 0 Å². The van der Waals surface area contributed by atoms with E-state index in [1.54, 1.807) is 0 Å². The van der Waals surface area contributed by atoms with Gasteiger partial charge in [0.25, 0.3) is 0 Å². The van der Waals surface area contributed by atoms with Crippen molar-refractivity contribution >= 4 is 11.7 Å². The normalized spacial score (nSPS) is 15.6. The van der Waals surface area contributed by atoms with Crippen molar-refractivity contribution in [3.05, 3.63) is 34.9 Å². The molecule has 21 heavy (non-hydrogen) atoms. The van der Waals surface area contributed by atoms with E-state index in [9.17, 15) is 9.59 Å². The van der Waals surface area contributed by atoms with Gasteiger partial charge in [-0.2, -0.15) is 0 Å². The Bertz CT molecular complexity index is 534. The molecule has 4 nitrogen and oxygen atoms in total. The maximum atomic E-state index is 12.5. The maximum absolute atomic E-state index is 12.5. The SMILES string of the molecule is Cc1ccc(C(=O)CN(CC(N)=O)C2CCCC2)cc1C. The van der Waals surface area contributed by atoms with Crippen LogP contribution in [0.1, 0.15) is 47.2 Å². The summed E-state index contributed by atoms with van der Waals surface area (Å²) in [5.41, 5.74) is 8.33. The molecule has 0 bridgehead atoms. The molecule has 0 atom stereocenters. The van der Waals surface area contributed by atoms with Crippen LogP contribution >= 0.6 is 0 Å². The number of amides is 1. The number of ketones is 1. The molecule has 4 heteroatoms. The second kappa shape index (κ2) is 6.85. The summed E-state index contributed by atoms with van der Waals surface area (Å²) in [6.07, 6.45) is 4.43. The summed E-state index contributed by atoms with van der Waals surface area (Å²) in [5, 5.41) is 0. The van der Waals surface area contributed by atoms with Crippen molar-refractivity contribution < 1.29 is 9.59 Å². The number of rotatable bonds is 6. The van der Waals surface area contributed by atoms with Gasteiger partial charge < -0.3 is 5.73 Å². The van der Waals surface area contributed by atoms with Gasteiger partial charge in [-0.15, -0.1) is 0 Å². The number of primary amides is 1. The van der Waals surface area contributed by atoms with Crippen molar-refractivity contribution in [1.82, 2.24) is 4.90 Å². The molecule has 0 saturated heterocycles. The van der Waals surface area contributed by atoms with Crippen LogP contribution in [0.2, 0.25) is 0 Å². The first-order valence-corrected chi connectivity index (χ1v) is 7.60. The summed E-state index contributed by atoms with van der Waals surface area (Å²) in [4.78, 5) is 25.7. The number of hydrogen-bond donors (Lipinski definition) is 1. The molecule has 1 amide bonds. The number of Topliss-reactive ketones (excluding diaryl/α,β-unsaturated/α-hetero) is 1. The smallest absolute Gasteiger partial charge is 0.231 e. The minimum Gasteiger partial charge on any atom is -0.369 e. The number of hydrogen-bond acceptors (Lipinski definition) is 3. The Hall–Kier alpha value is -1.68. The highest BCUT2D eigenvalue weighted by Crippen LogP contribution is 2.23. The van der Waals surface area contributed by atoms with Crippen LogP contribution in [0.3, 0.4) is 0 Å². The molecule has 1 saturated carbocycles. The molecule has 1 fully saturated rings. The maximum Gasteiger partial charge on any atom is 0.231 e. The second-order valence-corrected chi connectivity index (χ2v) is 6.03. The van der Waals surface area contributed by atoms with Crippen LogP contribution < -0.4 is 5.73 Å². The van der Waals surface area contributed by atoms with Gasteiger partial charge >= 0.3 is 0 Å². The molecular weight excluding hydrogens is 264 g/mol. The van der Waals surface area contributed by atoms with E-state index >= 15 is 0 Å². The van der Waals surface area contributed by atoms with Crippen molar-refractivity contribution in [2.75, 3.05) is 13.1 Å². The lowest BCUT2D eigenvalue weighted by Crippen LogP contribution is -2.43. The summed E-state index contributed by atoms with van der Waals surface area (Å²) in [6.45, 7) is 4.48. The van der Waals surface area contributed by atoms with Gasteiger partial charge in [-0.3, -0.25) is 14.5 Å². The van der Waals surface area contributed by atoms with E-state index in [1.807, 2.05) is 36.9 Å². The van der Waals surface area contributed by atoms with Gasteiger partial charge in [0.15, 0.2) is 5.78 Å². The lowest BCUT2D eigenvalue weighted by molar-refractivity contribution is -0.119. The van der Waals surface area contributed by atoms with E-state index in [-0.39, 0.29) is 24.8 Å². The van der Waals surface area contributed by atoms with Crippen molar-refractivity contribution in [2.24, 2.45) is 5.73 Å². The number of carbonyl (C=O) groups excluding carboxylic acids is 2. The summed E-state index contributed by atoms with van der Waals surface area (Å²) in [7, 11) is 0. The highest BCUT2D eigenvalue weighted by molar-refractivity contribution is 5.98. The average Bonchev–Trinajstić information content (AvgIpc) is 2.94. The number of benzene rings is 1. The Balaban J connectivity index is 2.09.